The van der Waals surface area contributed by atoms with Crippen LogP contribution in [0.5, 0.6) is 0 Å². The van der Waals surface area contributed by atoms with Gasteiger partial charge < -0.3 is 10.2 Å². The number of carbonyl (C=O) groups excluding carboxylic acids is 2. The van der Waals surface area contributed by atoms with Gasteiger partial charge in [-0.3, -0.25) is 14.5 Å². The number of para-hydroxylation sites is 1. The maximum atomic E-state index is 13.9. The van der Waals surface area contributed by atoms with E-state index in [-0.39, 0.29) is 17.5 Å². The molecule has 2 aromatic carbocycles. The number of amides is 2. The molecule has 1 N–H and O–H groups in total. The Hall–Kier alpha value is -3.52. The summed E-state index contributed by atoms with van der Waals surface area (Å²) >= 11 is 0. The van der Waals surface area contributed by atoms with Crippen molar-refractivity contribution >= 4 is 17.5 Å². The number of rotatable bonds is 5. The summed E-state index contributed by atoms with van der Waals surface area (Å²) in [5, 5.41) is 6.98. The van der Waals surface area contributed by atoms with Crippen LogP contribution in [0, 0.1) is 5.82 Å². The first-order valence-corrected chi connectivity index (χ1v) is 10.2. The van der Waals surface area contributed by atoms with Crippen LogP contribution in [0.1, 0.15) is 22.8 Å². The highest BCUT2D eigenvalue weighted by Crippen LogP contribution is 2.17. The molecule has 7 nitrogen and oxygen atoms in total. The van der Waals surface area contributed by atoms with Gasteiger partial charge in [-0.15, -0.1) is 0 Å². The minimum Gasteiger partial charge on any atom is -0.340 e. The maximum absolute atomic E-state index is 13.9. The highest BCUT2D eigenvalue weighted by atomic mass is 19.1. The lowest BCUT2D eigenvalue weighted by Crippen LogP contribution is -2.47. The van der Waals surface area contributed by atoms with E-state index in [1.165, 1.54) is 23.1 Å². The van der Waals surface area contributed by atoms with Crippen LogP contribution in [0.25, 0.3) is 5.69 Å². The van der Waals surface area contributed by atoms with Gasteiger partial charge in [0.25, 0.3) is 5.91 Å². The van der Waals surface area contributed by atoms with Crippen LogP contribution in [0.15, 0.2) is 60.9 Å². The van der Waals surface area contributed by atoms with Gasteiger partial charge in [-0.2, -0.15) is 5.10 Å². The summed E-state index contributed by atoms with van der Waals surface area (Å²) in [7, 11) is 0. The number of nitrogens with one attached hydrogen (secondary N) is 1. The topological polar surface area (TPSA) is 70.5 Å². The average Bonchev–Trinajstić information content (AvgIpc) is 3.25. The molecule has 0 bridgehead atoms. The van der Waals surface area contributed by atoms with Gasteiger partial charge in [0.2, 0.25) is 5.91 Å². The molecule has 1 saturated heterocycles. The zero-order chi connectivity index (χ0) is 21.8. The van der Waals surface area contributed by atoms with E-state index in [0.717, 1.165) is 38.3 Å². The highest BCUT2D eigenvalue weighted by Gasteiger charge is 2.18. The fourth-order valence-electron chi connectivity index (χ4n) is 3.64. The Morgan fingerprint density at radius 1 is 1.06 bits per heavy atom. The Labute approximate surface area is 180 Å². The predicted molar refractivity (Wildman–Crippen MR) is 115 cm³/mol. The van der Waals surface area contributed by atoms with Crippen molar-refractivity contribution in [2.75, 3.05) is 31.5 Å². The lowest BCUT2D eigenvalue weighted by atomic mass is 10.1. The standard InChI is InChI=1S/C23H24FN5O2/c1-17(30)28-11-9-27(10-12-28)15-18-5-4-6-20(13-18)26-23(31)19-14-25-29(16-19)22-8-3-2-7-21(22)24/h2-8,13-14,16H,9-12,15H2,1H3,(H,26,31). The lowest BCUT2D eigenvalue weighted by Gasteiger charge is -2.34. The van der Waals surface area contributed by atoms with Crippen molar-refractivity contribution in [1.82, 2.24) is 19.6 Å². The van der Waals surface area contributed by atoms with Crippen molar-refractivity contribution in [3.05, 3.63) is 77.9 Å². The van der Waals surface area contributed by atoms with Crippen molar-refractivity contribution in [2.45, 2.75) is 13.5 Å². The maximum Gasteiger partial charge on any atom is 0.258 e. The molecule has 2 amide bonds. The van der Waals surface area contributed by atoms with E-state index >= 15 is 0 Å². The molecule has 0 atom stereocenters. The summed E-state index contributed by atoms with van der Waals surface area (Å²) in [6.45, 7) is 5.47. The minimum atomic E-state index is -0.408. The first kappa shape index (κ1) is 20.7. The molecule has 1 fully saturated rings. The summed E-state index contributed by atoms with van der Waals surface area (Å²) in [6, 6.07) is 14.0. The predicted octanol–water partition coefficient (Wildman–Crippen LogP) is 2.93. The minimum absolute atomic E-state index is 0.114. The molecule has 4 rings (SSSR count). The van der Waals surface area contributed by atoms with Crippen LogP contribution in [0.4, 0.5) is 10.1 Å². The Morgan fingerprint density at radius 2 is 1.84 bits per heavy atom. The number of aromatic nitrogens is 2. The van der Waals surface area contributed by atoms with Crippen LogP contribution >= 0.6 is 0 Å². The van der Waals surface area contributed by atoms with Crippen molar-refractivity contribution in [3.8, 4) is 5.69 Å². The molecule has 3 aromatic rings. The van der Waals surface area contributed by atoms with Crippen LogP contribution in [0.3, 0.4) is 0 Å². The first-order valence-electron chi connectivity index (χ1n) is 10.2. The average molecular weight is 421 g/mol. The van der Waals surface area contributed by atoms with Crippen molar-refractivity contribution < 1.29 is 14.0 Å². The van der Waals surface area contributed by atoms with Crippen molar-refractivity contribution in [2.24, 2.45) is 0 Å². The van der Waals surface area contributed by atoms with E-state index in [1.54, 1.807) is 25.1 Å². The van der Waals surface area contributed by atoms with E-state index in [0.29, 0.717) is 11.3 Å². The van der Waals surface area contributed by atoms with Gasteiger partial charge in [0.1, 0.15) is 11.5 Å². The molecule has 8 heteroatoms. The quantitative estimate of drug-likeness (QED) is 0.688. The molecule has 160 valence electrons. The van der Waals surface area contributed by atoms with Crippen LogP contribution < -0.4 is 5.32 Å². The fraction of sp³-hybridized carbons (Fsp3) is 0.261. The molecule has 0 saturated carbocycles. The summed E-state index contributed by atoms with van der Waals surface area (Å²) in [6.07, 6.45) is 2.92. The molecule has 0 radical (unpaired) electrons. The van der Waals surface area contributed by atoms with Crippen LogP contribution in [-0.2, 0) is 11.3 Å². The highest BCUT2D eigenvalue weighted by molar-refractivity contribution is 6.04. The SMILES string of the molecule is CC(=O)N1CCN(Cc2cccc(NC(=O)c3cnn(-c4ccccc4F)c3)c2)CC1. The molecular weight excluding hydrogens is 397 g/mol. The molecule has 1 aromatic heterocycles. The van der Waals surface area contributed by atoms with Gasteiger partial charge >= 0.3 is 0 Å². The Bertz CT molecular complexity index is 1090. The third kappa shape index (κ3) is 4.97. The Balaban J connectivity index is 1.38. The number of hydrogen-bond donors (Lipinski definition) is 1. The zero-order valence-corrected chi connectivity index (χ0v) is 17.3. The number of halogens is 1. The molecule has 0 unspecified atom stereocenters. The summed E-state index contributed by atoms with van der Waals surface area (Å²) in [5.74, 6) is -0.605. The lowest BCUT2D eigenvalue weighted by molar-refractivity contribution is -0.130. The monoisotopic (exact) mass is 421 g/mol. The van der Waals surface area contributed by atoms with Crippen LogP contribution in [0.2, 0.25) is 0 Å². The van der Waals surface area contributed by atoms with E-state index in [2.05, 4.69) is 15.3 Å². The van der Waals surface area contributed by atoms with E-state index in [9.17, 15) is 14.0 Å². The second-order valence-electron chi connectivity index (χ2n) is 7.56. The number of nitrogens with zero attached hydrogens (tertiary/aromatic N) is 4. The van der Waals surface area contributed by atoms with Gasteiger partial charge in [-0.1, -0.05) is 24.3 Å². The van der Waals surface area contributed by atoms with Gasteiger partial charge in [0.05, 0.1) is 11.8 Å². The largest absolute Gasteiger partial charge is 0.340 e. The Kier molecular flexibility index (Phi) is 6.08. The number of carbonyl (C=O) groups is 2. The van der Waals surface area contributed by atoms with Crippen molar-refractivity contribution in [1.29, 1.82) is 0 Å². The molecular formula is C23H24FN5O2. The van der Waals surface area contributed by atoms with E-state index in [4.69, 9.17) is 0 Å². The van der Waals surface area contributed by atoms with Crippen LogP contribution in [-0.4, -0.2) is 57.6 Å². The molecule has 1 aliphatic heterocycles. The smallest absolute Gasteiger partial charge is 0.258 e. The molecule has 1 aliphatic rings. The summed E-state index contributed by atoms with van der Waals surface area (Å²) in [4.78, 5) is 28.3. The number of piperazine rings is 1. The fourth-order valence-corrected chi connectivity index (χ4v) is 3.64. The number of benzene rings is 2. The van der Waals surface area contributed by atoms with Gasteiger partial charge in [0.15, 0.2) is 0 Å². The first-order chi connectivity index (χ1) is 15.0. The second-order valence-corrected chi connectivity index (χ2v) is 7.56. The number of hydrogen-bond acceptors (Lipinski definition) is 4. The molecule has 31 heavy (non-hydrogen) atoms. The zero-order valence-electron chi connectivity index (χ0n) is 17.3. The van der Waals surface area contributed by atoms with E-state index in [1.807, 2.05) is 29.2 Å². The summed E-state index contributed by atoms with van der Waals surface area (Å²) in [5.41, 5.74) is 2.39. The third-order valence-electron chi connectivity index (χ3n) is 5.35. The van der Waals surface area contributed by atoms with Gasteiger partial charge in [-0.05, 0) is 29.8 Å². The van der Waals surface area contributed by atoms with E-state index < -0.39 is 5.82 Å². The van der Waals surface area contributed by atoms with Gasteiger partial charge in [-0.25, -0.2) is 9.07 Å². The summed E-state index contributed by atoms with van der Waals surface area (Å²) < 4.78 is 15.3. The molecule has 0 spiro atoms. The Morgan fingerprint density at radius 3 is 2.58 bits per heavy atom. The van der Waals surface area contributed by atoms with Gasteiger partial charge in [0, 0.05) is 51.5 Å². The normalized spacial score (nSPS) is 14.5. The molecule has 2 heterocycles. The second kappa shape index (κ2) is 9.09. The van der Waals surface area contributed by atoms with Crippen molar-refractivity contribution in [3.63, 3.8) is 0 Å². The number of anilines is 1. The molecule has 0 aliphatic carbocycles. The third-order valence-corrected chi connectivity index (χ3v) is 5.35.